The summed E-state index contributed by atoms with van der Waals surface area (Å²) in [6, 6.07) is 1.87. The Hall–Kier alpha value is -1.20. The van der Waals surface area contributed by atoms with Crippen LogP contribution in [-0.2, 0) is 0 Å². The normalized spacial score (nSPS) is 22.6. The topological polar surface area (TPSA) is 44.3 Å². The molecule has 0 amide bonds. The predicted octanol–water partition coefficient (Wildman–Crippen LogP) is 0.598. The standard InChI is InChI=1S/C14H23N5/c1-4-16-14(17-5-1)19-10-8-18(9-11-19)12-13-2-6-15-7-3-13/h1,4-5,13,15H,2-3,6-12H2. The van der Waals surface area contributed by atoms with Gasteiger partial charge in [0.15, 0.2) is 0 Å². The van der Waals surface area contributed by atoms with Crippen molar-refractivity contribution in [2.75, 3.05) is 50.7 Å². The summed E-state index contributed by atoms with van der Waals surface area (Å²) in [5, 5.41) is 3.44. The molecule has 0 bridgehead atoms. The summed E-state index contributed by atoms with van der Waals surface area (Å²) in [5.74, 6) is 1.77. The van der Waals surface area contributed by atoms with Gasteiger partial charge in [0.25, 0.3) is 0 Å². The molecule has 2 aliphatic rings. The van der Waals surface area contributed by atoms with E-state index in [0.717, 1.165) is 38.0 Å². The van der Waals surface area contributed by atoms with Crippen LogP contribution >= 0.6 is 0 Å². The van der Waals surface area contributed by atoms with Crippen LogP contribution in [0.15, 0.2) is 18.5 Å². The second-order valence-electron chi connectivity index (χ2n) is 5.53. The van der Waals surface area contributed by atoms with Crippen LogP contribution in [-0.4, -0.2) is 60.7 Å². The largest absolute Gasteiger partial charge is 0.338 e. The van der Waals surface area contributed by atoms with E-state index in [1.165, 1.54) is 32.5 Å². The van der Waals surface area contributed by atoms with Gasteiger partial charge in [0.05, 0.1) is 0 Å². The van der Waals surface area contributed by atoms with E-state index in [-0.39, 0.29) is 0 Å². The molecule has 1 N–H and O–H groups in total. The van der Waals surface area contributed by atoms with E-state index in [4.69, 9.17) is 0 Å². The van der Waals surface area contributed by atoms with Crippen molar-refractivity contribution in [3.05, 3.63) is 18.5 Å². The van der Waals surface area contributed by atoms with Gasteiger partial charge in [0, 0.05) is 45.1 Å². The molecular weight excluding hydrogens is 238 g/mol. The van der Waals surface area contributed by atoms with E-state index in [0.29, 0.717) is 0 Å². The van der Waals surface area contributed by atoms with Crippen molar-refractivity contribution in [2.45, 2.75) is 12.8 Å². The van der Waals surface area contributed by atoms with Crippen LogP contribution in [0.25, 0.3) is 0 Å². The van der Waals surface area contributed by atoms with Crippen molar-refractivity contribution < 1.29 is 0 Å². The Balaban J connectivity index is 1.46. The number of piperidine rings is 1. The van der Waals surface area contributed by atoms with E-state index in [9.17, 15) is 0 Å². The molecule has 5 nitrogen and oxygen atoms in total. The third-order valence-corrected chi connectivity index (χ3v) is 4.18. The van der Waals surface area contributed by atoms with E-state index < -0.39 is 0 Å². The predicted molar refractivity (Wildman–Crippen MR) is 76.3 cm³/mol. The quantitative estimate of drug-likeness (QED) is 0.863. The number of anilines is 1. The third-order valence-electron chi connectivity index (χ3n) is 4.18. The Kier molecular flexibility index (Phi) is 4.25. The lowest BCUT2D eigenvalue weighted by atomic mass is 9.97. The Labute approximate surface area is 115 Å². The van der Waals surface area contributed by atoms with Crippen molar-refractivity contribution in [1.29, 1.82) is 0 Å². The summed E-state index contributed by atoms with van der Waals surface area (Å²) >= 11 is 0. The molecule has 2 saturated heterocycles. The highest BCUT2D eigenvalue weighted by molar-refractivity contribution is 5.29. The first-order valence-electron chi connectivity index (χ1n) is 7.37. The van der Waals surface area contributed by atoms with Crippen molar-refractivity contribution in [1.82, 2.24) is 20.2 Å². The second kappa shape index (κ2) is 6.30. The van der Waals surface area contributed by atoms with Crippen molar-refractivity contribution in [3.8, 4) is 0 Å². The maximum absolute atomic E-state index is 4.33. The highest BCUT2D eigenvalue weighted by Crippen LogP contribution is 2.16. The summed E-state index contributed by atoms with van der Waals surface area (Å²) < 4.78 is 0. The highest BCUT2D eigenvalue weighted by atomic mass is 15.3. The number of aromatic nitrogens is 2. The Morgan fingerprint density at radius 1 is 1.05 bits per heavy atom. The molecule has 3 rings (SSSR count). The van der Waals surface area contributed by atoms with E-state index in [2.05, 4.69) is 25.1 Å². The second-order valence-corrected chi connectivity index (χ2v) is 5.53. The fraction of sp³-hybridized carbons (Fsp3) is 0.714. The minimum Gasteiger partial charge on any atom is -0.338 e. The average Bonchev–Trinajstić information content (AvgIpc) is 2.50. The lowest BCUT2D eigenvalue weighted by Gasteiger charge is -2.37. The van der Waals surface area contributed by atoms with Gasteiger partial charge in [0.2, 0.25) is 5.95 Å². The van der Waals surface area contributed by atoms with Crippen molar-refractivity contribution in [3.63, 3.8) is 0 Å². The maximum atomic E-state index is 4.33. The van der Waals surface area contributed by atoms with Crippen LogP contribution in [0.1, 0.15) is 12.8 Å². The lowest BCUT2D eigenvalue weighted by Crippen LogP contribution is -2.49. The number of rotatable bonds is 3. The smallest absolute Gasteiger partial charge is 0.225 e. The van der Waals surface area contributed by atoms with Crippen LogP contribution in [0.3, 0.4) is 0 Å². The van der Waals surface area contributed by atoms with Crippen LogP contribution in [0, 0.1) is 5.92 Å². The Bertz CT molecular complexity index is 369. The molecule has 0 radical (unpaired) electrons. The van der Waals surface area contributed by atoms with Crippen molar-refractivity contribution >= 4 is 5.95 Å². The number of nitrogens with zero attached hydrogens (tertiary/aromatic N) is 4. The number of nitrogens with one attached hydrogen (secondary N) is 1. The molecule has 5 heteroatoms. The molecule has 0 spiro atoms. The molecule has 1 aromatic heterocycles. The molecule has 0 aromatic carbocycles. The van der Waals surface area contributed by atoms with Gasteiger partial charge >= 0.3 is 0 Å². The van der Waals surface area contributed by atoms with Gasteiger partial charge in [-0.3, -0.25) is 4.90 Å². The van der Waals surface area contributed by atoms with Crippen molar-refractivity contribution in [2.24, 2.45) is 5.92 Å². The van der Waals surface area contributed by atoms with Gasteiger partial charge in [-0.1, -0.05) is 0 Å². The van der Waals surface area contributed by atoms with Crippen LogP contribution in [0.5, 0.6) is 0 Å². The summed E-state index contributed by atoms with van der Waals surface area (Å²) in [6.45, 7) is 8.05. The van der Waals surface area contributed by atoms with Crippen LogP contribution in [0.2, 0.25) is 0 Å². The molecule has 19 heavy (non-hydrogen) atoms. The molecule has 2 fully saturated rings. The fourth-order valence-corrected chi connectivity index (χ4v) is 3.01. The highest BCUT2D eigenvalue weighted by Gasteiger charge is 2.22. The fourth-order valence-electron chi connectivity index (χ4n) is 3.01. The first kappa shape index (κ1) is 12.8. The first-order valence-corrected chi connectivity index (χ1v) is 7.37. The molecule has 1 aromatic rings. The lowest BCUT2D eigenvalue weighted by molar-refractivity contribution is 0.196. The Morgan fingerprint density at radius 2 is 1.74 bits per heavy atom. The third kappa shape index (κ3) is 3.42. The van der Waals surface area contributed by atoms with Gasteiger partial charge in [-0.25, -0.2) is 9.97 Å². The van der Waals surface area contributed by atoms with Crippen LogP contribution < -0.4 is 10.2 Å². The average molecular weight is 261 g/mol. The minimum absolute atomic E-state index is 0.879. The van der Waals surface area contributed by atoms with Gasteiger partial charge < -0.3 is 10.2 Å². The zero-order valence-electron chi connectivity index (χ0n) is 11.5. The summed E-state index contributed by atoms with van der Waals surface area (Å²) in [7, 11) is 0. The molecule has 0 aliphatic carbocycles. The summed E-state index contributed by atoms with van der Waals surface area (Å²) in [6.07, 6.45) is 6.32. The van der Waals surface area contributed by atoms with Gasteiger partial charge in [-0.2, -0.15) is 0 Å². The number of piperazine rings is 1. The van der Waals surface area contributed by atoms with E-state index >= 15 is 0 Å². The molecule has 0 saturated carbocycles. The summed E-state index contributed by atoms with van der Waals surface area (Å²) in [4.78, 5) is 13.6. The molecule has 0 unspecified atom stereocenters. The first-order chi connectivity index (χ1) is 9.42. The zero-order valence-corrected chi connectivity index (χ0v) is 11.5. The van der Waals surface area contributed by atoms with Crippen LogP contribution in [0.4, 0.5) is 5.95 Å². The molecule has 2 aliphatic heterocycles. The maximum Gasteiger partial charge on any atom is 0.225 e. The molecule has 3 heterocycles. The number of hydrogen-bond donors (Lipinski definition) is 1. The van der Waals surface area contributed by atoms with Gasteiger partial charge in [0.1, 0.15) is 0 Å². The van der Waals surface area contributed by atoms with E-state index in [1.54, 1.807) is 0 Å². The molecular formula is C14H23N5. The SMILES string of the molecule is c1cnc(N2CCN(CC3CCNCC3)CC2)nc1. The van der Waals surface area contributed by atoms with Gasteiger partial charge in [-0.05, 0) is 37.9 Å². The zero-order chi connectivity index (χ0) is 12.9. The molecule has 104 valence electrons. The summed E-state index contributed by atoms with van der Waals surface area (Å²) in [5.41, 5.74) is 0. The van der Waals surface area contributed by atoms with E-state index in [1.807, 2.05) is 18.5 Å². The number of hydrogen-bond acceptors (Lipinski definition) is 5. The Morgan fingerprint density at radius 3 is 2.42 bits per heavy atom. The van der Waals surface area contributed by atoms with Gasteiger partial charge in [-0.15, -0.1) is 0 Å². The minimum atomic E-state index is 0.879. The molecule has 0 atom stereocenters. The monoisotopic (exact) mass is 261 g/mol.